The molecule has 1 aliphatic rings. The summed E-state index contributed by atoms with van der Waals surface area (Å²) in [5.74, 6) is -0.497. The van der Waals surface area contributed by atoms with Gasteiger partial charge in [-0.05, 0) is 44.1 Å². The van der Waals surface area contributed by atoms with Crippen molar-refractivity contribution < 1.29 is 9.18 Å². The maximum Gasteiger partial charge on any atom is 0.238 e. The highest BCUT2D eigenvalue weighted by Crippen LogP contribution is 2.19. The molecular weight excluding hydrogens is 245 g/mol. The average Bonchev–Trinajstić information content (AvgIpc) is 2.61. The van der Waals surface area contributed by atoms with Crippen LogP contribution in [0.2, 0.25) is 0 Å². The van der Waals surface area contributed by atoms with E-state index in [9.17, 15) is 9.18 Å². The number of nitrogen functional groups attached to an aromatic ring is 1. The molecule has 0 aliphatic carbocycles. The summed E-state index contributed by atoms with van der Waals surface area (Å²) in [6.45, 7) is 2.30. The third-order valence-corrected chi connectivity index (χ3v) is 3.35. The number of hydrogen-bond donors (Lipinski definition) is 2. The number of rotatable bonds is 3. The zero-order valence-electron chi connectivity index (χ0n) is 11.0. The van der Waals surface area contributed by atoms with Crippen molar-refractivity contribution in [3.8, 4) is 0 Å². The van der Waals surface area contributed by atoms with Crippen LogP contribution in [-0.2, 0) is 4.79 Å². The molecule has 1 aliphatic heterocycles. The molecule has 1 fully saturated rings. The topological polar surface area (TPSA) is 58.4 Å². The number of likely N-dealkylation sites (tertiary alicyclic amines) is 1. The third kappa shape index (κ3) is 4.21. The molecule has 1 aromatic rings. The van der Waals surface area contributed by atoms with Crippen molar-refractivity contribution in [3.05, 3.63) is 24.0 Å². The minimum absolute atomic E-state index is 0.0970. The molecule has 0 aromatic heterocycles. The summed E-state index contributed by atoms with van der Waals surface area (Å²) in [6.07, 6.45) is 4.77. The number of carbonyl (C=O) groups is 1. The van der Waals surface area contributed by atoms with Gasteiger partial charge in [0.25, 0.3) is 0 Å². The first-order valence-electron chi connectivity index (χ1n) is 6.72. The Kier molecular flexibility index (Phi) is 4.74. The first kappa shape index (κ1) is 13.8. The van der Waals surface area contributed by atoms with Crippen LogP contribution in [-0.4, -0.2) is 30.4 Å². The first-order chi connectivity index (χ1) is 9.15. The van der Waals surface area contributed by atoms with Crippen LogP contribution in [0.3, 0.4) is 0 Å². The lowest BCUT2D eigenvalue weighted by atomic mass is 10.2. The van der Waals surface area contributed by atoms with Gasteiger partial charge in [-0.15, -0.1) is 0 Å². The van der Waals surface area contributed by atoms with E-state index >= 15 is 0 Å². The van der Waals surface area contributed by atoms with Gasteiger partial charge in [0.05, 0.1) is 17.9 Å². The van der Waals surface area contributed by atoms with Gasteiger partial charge in [-0.25, -0.2) is 4.39 Å². The minimum atomic E-state index is -0.400. The molecule has 1 aromatic carbocycles. The predicted molar refractivity (Wildman–Crippen MR) is 74.4 cm³/mol. The van der Waals surface area contributed by atoms with Crippen molar-refractivity contribution in [1.29, 1.82) is 0 Å². The van der Waals surface area contributed by atoms with Gasteiger partial charge in [0, 0.05) is 0 Å². The summed E-state index contributed by atoms with van der Waals surface area (Å²) < 4.78 is 12.9. The van der Waals surface area contributed by atoms with Crippen molar-refractivity contribution in [1.82, 2.24) is 4.90 Å². The van der Waals surface area contributed by atoms with E-state index in [1.807, 2.05) is 0 Å². The Balaban J connectivity index is 1.89. The molecule has 3 N–H and O–H groups in total. The van der Waals surface area contributed by atoms with Crippen LogP contribution < -0.4 is 11.1 Å². The first-order valence-corrected chi connectivity index (χ1v) is 6.72. The minimum Gasteiger partial charge on any atom is -0.397 e. The van der Waals surface area contributed by atoms with Crippen LogP contribution in [0.15, 0.2) is 18.2 Å². The largest absolute Gasteiger partial charge is 0.397 e. The molecule has 0 saturated carbocycles. The molecular formula is C14H20FN3O. The Labute approximate surface area is 112 Å². The number of nitrogens with one attached hydrogen (secondary N) is 1. The van der Waals surface area contributed by atoms with Crippen molar-refractivity contribution >= 4 is 17.3 Å². The number of anilines is 2. The van der Waals surface area contributed by atoms with Crippen LogP contribution in [0.5, 0.6) is 0 Å². The molecule has 0 radical (unpaired) electrons. The third-order valence-electron chi connectivity index (χ3n) is 3.35. The average molecular weight is 265 g/mol. The summed E-state index contributed by atoms with van der Waals surface area (Å²) >= 11 is 0. The van der Waals surface area contributed by atoms with E-state index in [1.54, 1.807) is 0 Å². The molecule has 0 atom stereocenters. The fraction of sp³-hybridized carbons (Fsp3) is 0.500. The predicted octanol–water partition coefficient (Wildman–Crippen LogP) is 2.22. The number of hydrogen-bond acceptors (Lipinski definition) is 3. The molecule has 0 bridgehead atoms. The normalized spacial score (nSPS) is 16.9. The summed E-state index contributed by atoms with van der Waals surface area (Å²) in [4.78, 5) is 14.1. The monoisotopic (exact) mass is 265 g/mol. The van der Waals surface area contributed by atoms with E-state index in [4.69, 9.17) is 5.73 Å². The summed E-state index contributed by atoms with van der Waals surface area (Å²) in [6, 6.07) is 3.99. The lowest BCUT2D eigenvalue weighted by Crippen LogP contribution is -2.34. The molecule has 0 unspecified atom stereocenters. The lowest BCUT2D eigenvalue weighted by molar-refractivity contribution is -0.117. The van der Waals surface area contributed by atoms with E-state index in [0.717, 1.165) is 25.9 Å². The van der Waals surface area contributed by atoms with Gasteiger partial charge >= 0.3 is 0 Å². The highest BCUT2D eigenvalue weighted by molar-refractivity contribution is 5.95. The Hall–Kier alpha value is -1.62. The summed E-state index contributed by atoms with van der Waals surface area (Å²) in [5.41, 5.74) is 6.39. The molecule has 1 saturated heterocycles. The maximum atomic E-state index is 12.9. The molecule has 2 rings (SSSR count). The van der Waals surface area contributed by atoms with E-state index in [1.165, 1.54) is 31.0 Å². The number of benzene rings is 1. The van der Waals surface area contributed by atoms with E-state index in [0.29, 0.717) is 12.2 Å². The summed E-state index contributed by atoms with van der Waals surface area (Å²) in [5, 5.41) is 2.73. The number of nitrogens with zero attached hydrogens (tertiary/aromatic N) is 1. The second kappa shape index (κ2) is 6.52. The fourth-order valence-corrected chi connectivity index (χ4v) is 2.33. The molecule has 4 nitrogen and oxygen atoms in total. The van der Waals surface area contributed by atoms with Gasteiger partial charge in [0.1, 0.15) is 5.82 Å². The highest BCUT2D eigenvalue weighted by atomic mass is 19.1. The van der Waals surface area contributed by atoms with Gasteiger partial charge < -0.3 is 11.1 Å². The Bertz CT molecular complexity index is 442. The quantitative estimate of drug-likeness (QED) is 0.824. The Morgan fingerprint density at radius 1 is 1.26 bits per heavy atom. The Morgan fingerprint density at radius 3 is 2.58 bits per heavy atom. The van der Waals surface area contributed by atoms with E-state index < -0.39 is 5.82 Å². The molecule has 5 heteroatoms. The van der Waals surface area contributed by atoms with Crippen LogP contribution >= 0.6 is 0 Å². The lowest BCUT2D eigenvalue weighted by Gasteiger charge is -2.19. The maximum absolute atomic E-state index is 12.9. The summed E-state index contributed by atoms with van der Waals surface area (Å²) in [7, 11) is 0. The van der Waals surface area contributed by atoms with Crippen molar-refractivity contribution in [3.63, 3.8) is 0 Å². The van der Waals surface area contributed by atoms with Crippen molar-refractivity contribution in [2.24, 2.45) is 0 Å². The zero-order valence-corrected chi connectivity index (χ0v) is 11.0. The Morgan fingerprint density at radius 2 is 1.95 bits per heavy atom. The number of halogens is 1. The zero-order chi connectivity index (χ0) is 13.7. The number of carbonyl (C=O) groups excluding carboxylic acids is 1. The second-order valence-corrected chi connectivity index (χ2v) is 4.97. The molecule has 1 amide bonds. The van der Waals surface area contributed by atoms with Gasteiger partial charge in [0.2, 0.25) is 5.91 Å². The number of amides is 1. The smallest absolute Gasteiger partial charge is 0.238 e. The van der Waals surface area contributed by atoms with Crippen LogP contribution in [0.25, 0.3) is 0 Å². The standard InChI is InChI=1S/C14H20FN3O/c15-11-5-6-13(12(16)9-11)17-14(19)10-18-7-3-1-2-4-8-18/h5-6,9H,1-4,7-8,10,16H2,(H,17,19). The molecule has 104 valence electrons. The van der Waals surface area contributed by atoms with Gasteiger partial charge in [-0.3, -0.25) is 9.69 Å². The van der Waals surface area contributed by atoms with E-state index in [-0.39, 0.29) is 11.6 Å². The fourth-order valence-electron chi connectivity index (χ4n) is 2.33. The molecule has 19 heavy (non-hydrogen) atoms. The van der Waals surface area contributed by atoms with Gasteiger partial charge in [-0.2, -0.15) is 0 Å². The number of nitrogens with two attached hydrogens (primary N) is 1. The van der Waals surface area contributed by atoms with Crippen molar-refractivity contribution in [2.75, 3.05) is 30.7 Å². The second-order valence-electron chi connectivity index (χ2n) is 4.97. The molecule has 0 spiro atoms. The van der Waals surface area contributed by atoms with Crippen LogP contribution in [0.1, 0.15) is 25.7 Å². The van der Waals surface area contributed by atoms with Gasteiger partial charge in [0.15, 0.2) is 0 Å². The highest BCUT2D eigenvalue weighted by Gasteiger charge is 2.13. The van der Waals surface area contributed by atoms with E-state index in [2.05, 4.69) is 10.2 Å². The van der Waals surface area contributed by atoms with Crippen LogP contribution in [0, 0.1) is 5.82 Å². The van der Waals surface area contributed by atoms with Crippen LogP contribution in [0.4, 0.5) is 15.8 Å². The SMILES string of the molecule is Nc1cc(F)ccc1NC(=O)CN1CCCCCC1. The van der Waals surface area contributed by atoms with Crippen molar-refractivity contribution in [2.45, 2.75) is 25.7 Å². The molecule has 1 heterocycles. The van der Waals surface area contributed by atoms with Gasteiger partial charge in [-0.1, -0.05) is 12.8 Å².